The number of carbonyl (C=O) groups excluding carboxylic acids is 1. The Balaban J connectivity index is 3.47. The second-order valence-electron chi connectivity index (χ2n) is 20.6. The number of nitrogens with one attached hydrogen (secondary N) is 1. The molecule has 0 aromatic carbocycles. The summed E-state index contributed by atoms with van der Waals surface area (Å²) in [5.41, 5.74) is 0. The van der Waals surface area contributed by atoms with Gasteiger partial charge in [0.25, 0.3) is 0 Å². The van der Waals surface area contributed by atoms with Crippen LogP contribution in [0.3, 0.4) is 0 Å². The first-order valence-corrected chi connectivity index (χ1v) is 29.5. The number of carbonyl (C=O) groups is 1. The molecule has 0 saturated carbocycles. The number of aliphatic hydroxyl groups excluding tert-OH is 3. The second-order valence-corrected chi connectivity index (χ2v) is 20.6. The van der Waals surface area contributed by atoms with Gasteiger partial charge in [0.2, 0.25) is 5.91 Å². The Kier molecular flexibility index (Phi) is 53.9. The fourth-order valence-electron chi connectivity index (χ4n) is 9.58. The molecule has 0 radical (unpaired) electrons. The van der Waals surface area contributed by atoms with E-state index in [0.29, 0.717) is 12.8 Å². The minimum atomic E-state index is -0.747. The molecule has 382 valence electrons. The van der Waals surface area contributed by atoms with E-state index in [0.717, 1.165) is 25.7 Å². The van der Waals surface area contributed by atoms with Gasteiger partial charge in [-0.25, -0.2) is 0 Å². The van der Waals surface area contributed by atoms with E-state index in [1.807, 2.05) is 0 Å². The van der Waals surface area contributed by atoms with Gasteiger partial charge in [0.1, 0.15) is 0 Å². The fraction of sp³-hybridized carbons (Fsp3) is 0.949. The van der Waals surface area contributed by atoms with Crippen LogP contribution in [-0.4, -0.2) is 46.1 Å². The summed E-state index contributed by atoms with van der Waals surface area (Å²) < 4.78 is 0. The van der Waals surface area contributed by atoms with Crippen molar-refractivity contribution in [3.63, 3.8) is 0 Å². The molecule has 3 unspecified atom stereocenters. The molecule has 1 amide bonds. The van der Waals surface area contributed by atoms with E-state index < -0.39 is 18.2 Å². The molecule has 0 bridgehead atoms. The molecule has 0 aliphatic heterocycles. The number of aliphatic hydroxyl groups is 3. The minimum Gasteiger partial charge on any atom is -0.394 e. The van der Waals surface area contributed by atoms with Crippen molar-refractivity contribution >= 4 is 5.91 Å². The molecule has 0 aliphatic carbocycles. The van der Waals surface area contributed by atoms with Crippen molar-refractivity contribution in [1.82, 2.24) is 5.32 Å². The molecule has 3 atom stereocenters. The van der Waals surface area contributed by atoms with Crippen LogP contribution in [0.2, 0.25) is 0 Å². The van der Waals surface area contributed by atoms with Gasteiger partial charge in [-0.1, -0.05) is 302 Å². The smallest absolute Gasteiger partial charge is 0.222 e. The number of unbranched alkanes of at least 4 members (excludes halogenated alkanes) is 44. The third-order valence-corrected chi connectivity index (χ3v) is 14.1. The van der Waals surface area contributed by atoms with E-state index in [9.17, 15) is 20.1 Å². The van der Waals surface area contributed by atoms with Crippen LogP contribution in [0.25, 0.3) is 0 Å². The van der Waals surface area contributed by atoms with E-state index >= 15 is 0 Å². The van der Waals surface area contributed by atoms with Gasteiger partial charge in [0.05, 0.1) is 31.3 Å². The SMILES string of the molecule is CCCCCCCCCCCCCC/C=C\CCCCCCCCCCCCCCCCCC(O)CC(=O)NC(CO)C(O)CCCCCCCCCCCCCCCCCCCC. The molecule has 0 saturated heterocycles. The molecule has 0 aliphatic rings. The number of amides is 1. The first kappa shape index (κ1) is 63.1. The van der Waals surface area contributed by atoms with Gasteiger partial charge < -0.3 is 20.6 Å². The zero-order chi connectivity index (χ0) is 46.5. The predicted octanol–water partition coefficient (Wildman–Crippen LogP) is 18.3. The number of allylic oxidation sites excluding steroid dienone is 2. The first-order chi connectivity index (χ1) is 31.5. The van der Waals surface area contributed by atoms with Gasteiger partial charge in [0.15, 0.2) is 0 Å². The molecule has 0 aromatic rings. The Morgan fingerprint density at radius 1 is 0.375 bits per heavy atom. The Hall–Kier alpha value is -0.910. The minimum absolute atomic E-state index is 0.0413. The maximum absolute atomic E-state index is 12.5. The summed E-state index contributed by atoms with van der Waals surface area (Å²) in [6.07, 6.45) is 68.1. The van der Waals surface area contributed by atoms with E-state index in [4.69, 9.17) is 0 Å². The van der Waals surface area contributed by atoms with Crippen molar-refractivity contribution < 1.29 is 20.1 Å². The maximum atomic E-state index is 12.5. The van der Waals surface area contributed by atoms with Crippen molar-refractivity contribution in [3.8, 4) is 0 Å². The quantitative estimate of drug-likeness (QED) is 0.0362. The average Bonchev–Trinajstić information content (AvgIpc) is 3.29. The summed E-state index contributed by atoms with van der Waals surface area (Å²) in [7, 11) is 0. The maximum Gasteiger partial charge on any atom is 0.222 e. The van der Waals surface area contributed by atoms with Crippen LogP contribution in [0.15, 0.2) is 12.2 Å². The second kappa shape index (κ2) is 54.7. The fourth-order valence-corrected chi connectivity index (χ4v) is 9.58. The highest BCUT2D eigenvalue weighted by molar-refractivity contribution is 5.76. The molecule has 0 heterocycles. The molecule has 5 nitrogen and oxygen atoms in total. The van der Waals surface area contributed by atoms with Crippen LogP contribution in [-0.2, 0) is 4.79 Å². The van der Waals surface area contributed by atoms with Crippen molar-refractivity contribution in [1.29, 1.82) is 0 Å². The lowest BCUT2D eigenvalue weighted by atomic mass is 10.0. The summed E-state index contributed by atoms with van der Waals surface area (Å²) in [4.78, 5) is 12.5. The topological polar surface area (TPSA) is 89.8 Å². The molecular weight excluding hydrogens is 787 g/mol. The van der Waals surface area contributed by atoms with E-state index in [1.54, 1.807) is 0 Å². The van der Waals surface area contributed by atoms with Crippen molar-refractivity contribution in [2.24, 2.45) is 0 Å². The molecule has 5 heteroatoms. The third-order valence-electron chi connectivity index (χ3n) is 14.1. The Bertz CT molecular complexity index is 909. The summed E-state index contributed by atoms with van der Waals surface area (Å²) in [6.45, 7) is 4.30. The zero-order valence-electron chi connectivity index (χ0n) is 43.7. The van der Waals surface area contributed by atoms with Crippen LogP contribution in [0.4, 0.5) is 0 Å². The van der Waals surface area contributed by atoms with Crippen LogP contribution in [0.5, 0.6) is 0 Å². The molecular formula is C59H117NO4. The van der Waals surface area contributed by atoms with Crippen LogP contribution >= 0.6 is 0 Å². The Morgan fingerprint density at radius 3 is 0.906 bits per heavy atom. The highest BCUT2D eigenvalue weighted by Crippen LogP contribution is 2.18. The Labute approximate surface area is 401 Å². The van der Waals surface area contributed by atoms with E-state index in [1.165, 1.54) is 276 Å². The summed E-state index contributed by atoms with van der Waals surface area (Å²) >= 11 is 0. The lowest BCUT2D eigenvalue weighted by Crippen LogP contribution is -2.46. The molecule has 0 fully saturated rings. The van der Waals surface area contributed by atoms with Crippen molar-refractivity contribution in [3.05, 3.63) is 12.2 Å². The lowest BCUT2D eigenvalue weighted by molar-refractivity contribution is -0.125. The van der Waals surface area contributed by atoms with Crippen molar-refractivity contribution in [2.75, 3.05) is 6.61 Å². The van der Waals surface area contributed by atoms with Gasteiger partial charge in [-0.15, -0.1) is 0 Å². The van der Waals surface area contributed by atoms with E-state index in [-0.39, 0.29) is 18.9 Å². The number of hydrogen-bond acceptors (Lipinski definition) is 4. The molecule has 0 rings (SSSR count). The van der Waals surface area contributed by atoms with E-state index in [2.05, 4.69) is 31.3 Å². The number of hydrogen-bond donors (Lipinski definition) is 4. The average molecular weight is 905 g/mol. The first-order valence-electron chi connectivity index (χ1n) is 29.5. The van der Waals surface area contributed by atoms with Crippen LogP contribution in [0.1, 0.15) is 335 Å². The summed E-state index contributed by atoms with van der Waals surface area (Å²) in [6, 6.07) is -0.656. The largest absolute Gasteiger partial charge is 0.394 e. The highest BCUT2D eigenvalue weighted by atomic mass is 16.3. The lowest BCUT2D eigenvalue weighted by Gasteiger charge is -2.23. The van der Waals surface area contributed by atoms with Gasteiger partial charge in [0, 0.05) is 0 Å². The molecule has 64 heavy (non-hydrogen) atoms. The molecule has 0 spiro atoms. The predicted molar refractivity (Wildman–Crippen MR) is 282 cm³/mol. The number of rotatable bonds is 55. The highest BCUT2D eigenvalue weighted by Gasteiger charge is 2.21. The van der Waals surface area contributed by atoms with Gasteiger partial charge in [-0.05, 0) is 38.5 Å². The summed E-state index contributed by atoms with van der Waals surface area (Å²) in [5.74, 6) is -0.276. The standard InChI is InChI=1S/C59H117NO4/c1-3-5-7-9-11-13-15-17-19-21-23-24-25-26-27-28-29-30-31-32-33-34-35-36-38-40-42-44-46-48-50-52-56(62)54-59(64)60-57(55-61)58(63)53-51-49-47-45-43-41-39-37-22-20-18-16-14-12-10-8-6-4-2/h26-27,56-58,61-63H,3-25,28-55H2,1-2H3,(H,60,64)/b27-26-. The molecule has 0 aromatic heterocycles. The van der Waals surface area contributed by atoms with Crippen LogP contribution in [0, 0.1) is 0 Å². The monoisotopic (exact) mass is 904 g/mol. The normalized spacial score (nSPS) is 13.3. The summed E-state index contributed by atoms with van der Waals surface area (Å²) in [5, 5.41) is 33.6. The van der Waals surface area contributed by atoms with Crippen molar-refractivity contribution in [2.45, 2.75) is 353 Å². The van der Waals surface area contributed by atoms with Gasteiger partial charge >= 0.3 is 0 Å². The van der Waals surface area contributed by atoms with Gasteiger partial charge in [-0.3, -0.25) is 4.79 Å². The van der Waals surface area contributed by atoms with Crippen LogP contribution < -0.4 is 5.32 Å². The zero-order valence-corrected chi connectivity index (χ0v) is 43.7. The third kappa shape index (κ3) is 50.5. The van der Waals surface area contributed by atoms with Gasteiger partial charge in [-0.2, -0.15) is 0 Å². The Morgan fingerprint density at radius 2 is 0.625 bits per heavy atom. The molecule has 4 N–H and O–H groups in total.